The van der Waals surface area contributed by atoms with Crippen molar-refractivity contribution in [3.05, 3.63) is 42.4 Å². The summed E-state index contributed by atoms with van der Waals surface area (Å²) in [7, 11) is 0. The van der Waals surface area contributed by atoms with Crippen LogP contribution in [0.25, 0.3) is 32.0 Å². The molecule has 0 fully saturated rings. The monoisotopic (exact) mass is 282 g/mol. The average Bonchev–Trinajstić information content (AvgIpc) is 3.12. The number of aromatic nitrogens is 4. The molecule has 0 aromatic carbocycles. The van der Waals surface area contributed by atoms with Crippen LogP contribution in [0.2, 0.25) is 0 Å². The SMILES string of the molecule is [2H]C([2H])([2H])n1c2ncccc2c2c1sc1[n+]2Cc2ccncc2-1. The fraction of sp³-hybridized carbons (Fsp3) is 0.133. The molecule has 0 spiro atoms. The van der Waals surface area contributed by atoms with Crippen LogP contribution in [0.4, 0.5) is 0 Å². The lowest BCUT2D eigenvalue weighted by molar-refractivity contribution is -0.641. The maximum atomic E-state index is 7.89. The van der Waals surface area contributed by atoms with Gasteiger partial charge in [0.25, 0.3) is 10.5 Å². The first-order valence-corrected chi connectivity index (χ1v) is 7.13. The number of pyridine rings is 2. The Labute approximate surface area is 123 Å². The molecule has 0 aliphatic carbocycles. The smallest absolute Gasteiger partial charge is 0.273 e. The first-order valence-electron chi connectivity index (χ1n) is 7.81. The van der Waals surface area contributed by atoms with Crippen molar-refractivity contribution in [3.8, 4) is 10.6 Å². The third kappa shape index (κ3) is 1.10. The van der Waals surface area contributed by atoms with E-state index >= 15 is 0 Å². The lowest BCUT2D eigenvalue weighted by Crippen LogP contribution is -2.30. The van der Waals surface area contributed by atoms with Gasteiger partial charge in [0.15, 0.2) is 11.4 Å². The van der Waals surface area contributed by atoms with E-state index < -0.39 is 6.98 Å². The second-order valence-corrected chi connectivity index (χ2v) is 5.87. The highest BCUT2D eigenvalue weighted by Crippen LogP contribution is 2.38. The van der Waals surface area contributed by atoms with E-state index in [1.54, 1.807) is 12.4 Å². The summed E-state index contributed by atoms with van der Waals surface area (Å²) < 4.78 is 27.2. The number of rotatable bonds is 0. The summed E-state index contributed by atoms with van der Waals surface area (Å²) in [5.74, 6) is 0. The summed E-state index contributed by atoms with van der Waals surface area (Å²) in [6, 6.07) is 5.80. The molecule has 0 atom stereocenters. The van der Waals surface area contributed by atoms with Gasteiger partial charge in [0.2, 0.25) is 0 Å². The van der Waals surface area contributed by atoms with E-state index in [0.717, 1.165) is 32.8 Å². The molecule has 0 saturated carbocycles. The van der Waals surface area contributed by atoms with Crippen molar-refractivity contribution in [2.45, 2.75) is 6.54 Å². The van der Waals surface area contributed by atoms with E-state index in [2.05, 4.69) is 14.5 Å². The van der Waals surface area contributed by atoms with Gasteiger partial charge in [0.05, 0.1) is 10.9 Å². The molecule has 1 aliphatic heterocycles. The highest BCUT2D eigenvalue weighted by Gasteiger charge is 2.34. The number of nitrogens with zero attached hydrogens (tertiary/aromatic N) is 4. The highest BCUT2D eigenvalue weighted by atomic mass is 32.1. The van der Waals surface area contributed by atoms with E-state index in [-0.39, 0.29) is 0 Å². The molecule has 96 valence electrons. The van der Waals surface area contributed by atoms with Crippen LogP contribution in [0.1, 0.15) is 9.68 Å². The lowest BCUT2D eigenvalue weighted by atomic mass is 10.2. The Kier molecular flexibility index (Phi) is 1.39. The second kappa shape index (κ2) is 3.43. The van der Waals surface area contributed by atoms with Crippen LogP contribution in [0.5, 0.6) is 0 Å². The third-order valence-corrected chi connectivity index (χ3v) is 5.04. The molecule has 4 aromatic heterocycles. The Bertz CT molecular complexity index is 1090. The van der Waals surface area contributed by atoms with Crippen molar-refractivity contribution in [1.29, 1.82) is 0 Å². The molecule has 0 unspecified atom stereocenters. The predicted molar refractivity (Wildman–Crippen MR) is 78.6 cm³/mol. The van der Waals surface area contributed by atoms with Gasteiger partial charge in [-0.15, -0.1) is 0 Å². The first kappa shape index (κ1) is 8.11. The standard InChI is InChI=1S/C15H11N4S/c1-18-13-10(3-2-5-17-13)12-15(18)20-14-11-7-16-6-4-9(11)8-19(12)14/h2-7H,8H2,1H3/q+1/i1D3. The summed E-state index contributed by atoms with van der Waals surface area (Å²) in [5, 5.41) is 1.93. The molecule has 4 aromatic rings. The molecule has 5 heteroatoms. The van der Waals surface area contributed by atoms with Gasteiger partial charge >= 0.3 is 0 Å². The van der Waals surface area contributed by atoms with Gasteiger partial charge in [-0.3, -0.25) is 4.98 Å². The summed E-state index contributed by atoms with van der Waals surface area (Å²) in [5.41, 5.74) is 3.76. The molecule has 0 amide bonds. The lowest BCUT2D eigenvalue weighted by Gasteiger charge is -1.93. The molecule has 1 aliphatic rings. The van der Waals surface area contributed by atoms with Crippen LogP contribution in [0.15, 0.2) is 36.8 Å². The Morgan fingerprint density at radius 1 is 1.40 bits per heavy atom. The van der Waals surface area contributed by atoms with Crippen LogP contribution in [-0.2, 0) is 13.5 Å². The van der Waals surface area contributed by atoms with Crippen molar-refractivity contribution in [2.24, 2.45) is 6.98 Å². The van der Waals surface area contributed by atoms with Crippen LogP contribution in [0, 0.1) is 0 Å². The number of fused-ring (bicyclic) bond motifs is 7. The van der Waals surface area contributed by atoms with Gasteiger partial charge in [-0.25, -0.2) is 4.98 Å². The second-order valence-electron chi connectivity index (χ2n) is 4.89. The van der Waals surface area contributed by atoms with E-state index in [1.807, 2.05) is 24.4 Å². The van der Waals surface area contributed by atoms with Crippen LogP contribution < -0.4 is 4.57 Å². The zero-order valence-electron chi connectivity index (χ0n) is 13.4. The fourth-order valence-corrected chi connectivity index (χ4v) is 4.19. The zero-order valence-corrected chi connectivity index (χ0v) is 11.2. The maximum Gasteiger partial charge on any atom is 0.273 e. The highest BCUT2D eigenvalue weighted by molar-refractivity contribution is 7.21. The Hall–Kier alpha value is -2.27. The van der Waals surface area contributed by atoms with Gasteiger partial charge in [-0.05, 0) is 29.5 Å². The number of aryl methyl sites for hydroxylation is 1. The average molecular weight is 282 g/mol. The molecule has 0 bridgehead atoms. The molecular formula is C15H11N4S+. The molecule has 20 heavy (non-hydrogen) atoms. The third-order valence-electron chi connectivity index (χ3n) is 3.84. The molecule has 0 N–H and O–H groups in total. The van der Waals surface area contributed by atoms with Crippen LogP contribution in [-0.4, -0.2) is 14.5 Å². The minimum atomic E-state index is -2.26. The van der Waals surface area contributed by atoms with Crippen molar-refractivity contribution >= 4 is 32.7 Å². The zero-order chi connectivity index (χ0) is 15.8. The Morgan fingerprint density at radius 2 is 2.40 bits per heavy atom. The minimum Gasteiger partial charge on any atom is -0.315 e. The Morgan fingerprint density at radius 3 is 3.35 bits per heavy atom. The van der Waals surface area contributed by atoms with E-state index in [4.69, 9.17) is 4.11 Å². The van der Waals surface area contributed by atoms with E-state index in [1.165, 1.54) is 21.5 Å². The van der Waals surface area contributed by atoms with Gasteiger partial charge in [-0.2, -0.15) is 4.57 Å². The number of thiazole rings is 1. The van der Waals surface area contributed by atoms with Gasteiger partial charge in [0, 0.05) is 35.2 Å². The molecular weight excluding hydrogens is 268 g/mol. The fourth-order valence-electron chi connectivity index (χ4n) is 2.96. The predicted octanol–water partition coefficient (Wildman–Crippen LogP) is 2.50. The largest absolute Gasteiger partial charge is 0.315 e. The van der Waals surface area contributed by atoms with Gasteiger partial charge in [-0.1, -0.05) is 0 Å². The normalized spacial score (nSPS) is 15.9. The molecule has 0 radical (unpaired) electrons. The molecule has 5 heterocycles. The number of hydrogen-bond donors (Lipinski definition) is 0. The molecule has 0 saturated heterocycles. The quantitative estimate of drug-likeness (QED) is 0.409. The molecule has 5 rings (SSSR count). The molecule has 4 nitrogen and oxygen atoms in total. The first-order chi connectivity index (χ1) is 11.1. The topological polar surface area (TPSA) is 34.6 Å². The van der Waals surface area contributed by atoms with Crippen LogP contribution >= 0.6 is 11.3 Å². The van der Waals surface area contributed by atoms with Crippen molar-refractivity contribution < 1.29 is 8.68 Å². The number of hydrogen-bond acceptors (Lipinski definition) is 3. The van der Waals surface area contributed by atoms with E-state index in [9.17, 15) is 0 Å². The van der Waals surface area contributed by atoms with Crippen molar-refractivity contribution in [1.82, 2.24) is 14.5 Å². The summed E-state index contributed by atoms with van der Waals surface area (Å²) >= 11 is 1.49. The summed E-state index contributed by atoms with van der Waals surface area (Å²) in [6.45, 7) is -1.52. The Balaban J connectivity index is 1.96. The van der Waals surface area contributed by atoms with E-state index in [0.29, 0.717) is 5.65 Å². The maximum absolute atomic E-state index is 7.89. The van der Waals surface area contributed by atoms with Gasteiger partial charge < -0.3 is 4.57 Å². The van der Waals surface area contributed by atoms with Crippen LogP contribution in [0.3, 0.4) is 0 Å². The summed E-state index contributed by atoms with van der Waals surface area (Å²) in [6.07, 6.45) is 5.28. The van der Waals surface area contributed by atoms with Crippen molar-refractivity contribution in [2.75, 3.05) is 0 Å². The van der Waals surface area contributed by atoms with Crippen molar-refractivity contribution in [3.63, 3.8) is 0 Å². The summed E-state index contributed by atoms with van der Waals surface area (Å²) in [4.78, 5) is 9.26. The van der Waals surface area contributed by atoms with Gasteiger partial charge in [0.1, 0.15) is 5.65 Å². The minimum absolute atomic E-state index is 0.512.